The molecule has 0 spiro atoms. The number of carbonyl (C=O) groups excluding carboxylic acids is 1. The SMILES string of the molecule is CC(C)C(Sc1ncnc2scc(-c3ccc(F)cc3)c12)C(=O)NCc1cccnc1. The number of thioether (sulfide) groups is 1. The number of fused-ring (bicyclic) bond motifs is 1. The van der Waals surface area contributed by atoms with Gasteiger partial charge in [0.25, 0.3) is 0 Å². The maximum atomic E-state index is 13.4. The summed E-state index contributed by atoms with van der Waals surface area (Å²) in [5.74, 6) is -0.231. The fourth-order valence-corrected chi connectivity index (χ4v) is 5.30. The van der Waals surface area contributed by atoms with Crippen molar-refractivity contribution in [2.24, 2.45) is 5.92 Å². The zero-order valence-electron chi connectivity index (χ0n) is 17.1. The van der Waals surface area contributed by atoms with Crippen molar-refractivity contribution in [3.63, 3.8) is 0 Å². The zero-order chi connectivity index (χ0) is 21.8. The van der Waals surface area contributed by atoms with E-state index in [0.717, 1.165) is 31.9 Å². The van der Waals surface area contributed by atoms with Crippen molar-refractivity contribution in [2.45, 2.75) is 30.7 Å². The Balaban J connectivity index is 1.61. The first-order chi connectivity index (χ1) is 15.0. The molecular weight excluding hydrogens is 431 g/mol. The molecule has 4 rings (SSSR count). The van der Waals surface area contributed by atoms with Gasteiger partial charge in [0.15, 0.2) is 0 Å². The highest BCUT2D eigenvalue weighted by atomic mass is 32.2. The van der Waals surface area contributed by atoms with Gasteiger partial charge in [-0.3, -0.25) is 9.78 Å². The summed E-state index contributed by atoms with van der Waals surface area (Å²) in [7, 11) is 0. The number of aromatic nitrogens is 3. The molecule has 4 aromatic rings. The van der Waals surface area contributed by atoms with Crippen molar-refractivity contribution in [3.8, 4) is 11.1 Å². The minimum absolute atomic E-state index is 0.0471. The van der Waals surface area contributed by atoms with E-state index in [0.29, 0.717) is 6.54 Å². The lowest BCUT2D eigenvalue weighted by molar-refractivity contribution is -0.121. The number of hydrogen-bond donors (Lipinski definition) is 1. The van der Waals surface area contributed by atoms with E-state index in [9.17, 15) is 9.18 Å². The summed E-state index contributed by atoms with van der Waals surface area (Å²) >= 11 is 2.95. The van der Waals surface area contributed by atoms with Crippen LogP contribution in [0.1, 0.15) is 19.4 Å². The van der Waals surface area contributed by atoms with E-state index in [-0.39, 0.29) is 22.9 Å². The molecule has 3 aromatic heterocycles. The fourth-order valence-electron chi connectivity index (χ4n) is 3.18. The molecule has 31 heavy (non-hydrogen) atoms. The Bertz CT molecular complexity index is 1180. The fraction of sp³-hybridized carbons (Fsp3) is 0.217. The largest absolute Gasteiger partial charge is 0.351 e. The topological polar surface area (TPSA) is 67.8 Å². The monoisotopic (exact) mass is 452 g/mol. The highest BCUT2D eigenvalue weighted by molar-refractivity contribution is 8.00. The van der Waals surface area contributed by atoms with E-state index in [1.807, 2.05) is 31.4 Å². The molecule has 3 heterocycles. The van der Waals surface area contributed by atoms with Gasteiger partial charge in [0.1, 0.15) is 22.0 Å². The third-order valence-electron chi connectivity index (χ3n) is 4.78. The maximum absolute atomic E-state index is 13.4. The molecule has 1 unspecified atom stereocenters. The number of rotatable bonds is 7. The molecule has 1 N–H and O–H groups in total. The van der Waals surface area contributed by atoms with Gasteiger partial charge in [0.2, 0.25) is 5.91 Å². The van der Waals surface area contributed by atoms with Crippen molar-refractivity contribution >= 4 is 39.2 Å². The lowest BCUT2D eigenvalue weighted by Gasteiger charge is -2.20. The Morgan fingerprint density at radius 1 is 1.19 bits per heavy atom. The summed E-state index contributed by atoms with van der Waals surface area (Å²) in [6.45, 7) is 4.47. The van der Waals surface area contributed by atoms with Crippen LogP contribution in [-0.2, 0) is 11.3 Å². The Morgan fingerprint density at radius 3 is 2.71 bits per heavy atom. The summed E-state index contributed by atoms with van der Waals surface area (Å²) in [5.41, 5.74) is 2.79. The van der Waals surface area contributed by atoms with E-state index in [1.54, 1.807) is 24.5 Å². The summed E-state index contributed by atoms with van der Waals surface area (Å²) in [4.78, 5) is 26.8. The average molecular weight is 453 g/mol. The molecule has 1 atom stereocenters. The van der Waals surface area contributed by atoms with Gasteiger partial charge in [-0.15, -0.1) is 11.3 Å². The highest BCUT2D eigenvalue weighted by Gasteiger charge is 2.26. The van der Waals surface area contributed by atoms with Gasteiger partial charge in [-0.2, -0.15) is 0 Å². The second-order valence-electron chi connectivity index (χ2n) is 7.38. The maximum Gasteiger partial charge on any atom is 0.234 e. The molecule has 0 saturated carbocycles. The second kappa shape index (κ2) is 9.53. The molecule has 0 aliphatic carbocycles. The van der Waals surface area contributed by atoms with Crippen LogP contribution in [-0.4, -0.2) is 26.1 Å². The predicted octanol–water partition coefficient (Wildman–Crippen LogP) is 5.33. The van der Waals surface area contributed by atoms with Gasteiger partial charge < -0.3 is 5.32 Å². The molecule has 0 fully saturated rings. The van der Waals surface area contributed by atoms with E-state index >= 15 is 0 Å². The molecule has 1 aromatic carbocycles. The van der Waals surface area contributed by atoms with Crippen molar-refractivity contribution in [1.82, 2.24) is 20.3 Å². The Morgan fingerprint density at radius 2 is 2.00 bits per heavy atom. The van der Waals surface area contributed by atoms with Gasteiger partial charge in [-0.05, 0) is 35.2 Å². The van der Waals surface area contributed by atoms with Gasteiger partial charge >= 0.3 is 0 Å². The van der Waals surface area contributed by atoms with Crippen molar-refractivity contribution in [3.05, 3.63) is 71.9 Å². The van der Waals surface area contributed by atoms with Gasteiger partial charge in [0.05, 0.1) is 10.6 Å². The predicted molar refractivity (Wildman–Crippen MR) is 123 cm³/mol. The number of amides is 1. The summed E-state index contributed by atoms with van der Waals surface area (Å²) in [6, 6.07) is 10.2. The summed E-state index contributed by atoms with van der Waals surface area (Å²) in [6.07, 6.45) is 4.98. The van der Waals surface area contributed by atoms with Gasteiger partial charge in [-0.25, -0.2) is 14.4 Å². The van der Waals surface area contributed by atoms with Crippen LogP contribution in [0.2, 0.25) is 0 Å². The third-order valence-corrected chi connectivity index (χ3v) is 7.21. The van der Waals surface area contributed by atoms with Crippen LogP contribution in [0.3, 0.4) is 0 Å². The number of nitrogens with one attached hydrogen (secondary N) is 1. The van der Waals surface area contributed by atoms with Crippen molar-refractivity contribution in [2.75, 3.05) is 0 Å². The first kappa shape index (κ1) is 21.4. The number of nitrogens with zero attached hydrogens (tertiary/aromatic N) is 3. The number of benzene rings is 1. The van der Waals surface area contributed by atoms with Crippen LogP contribution in [0, 0.1) is 11.7 Å². The Kier molecular flexibility index (Phi) is 6.58. The van der Waals surface area contributed by atoms with Crippen LogP contribution in [0.4, 0.5) is 4.39 Å². The quantitative estimate of drug-likeness (QED) is 0.303. The van der Waals surface area contributed by atoms with Crippen molar-refractivity contribution in [1.29, 1.82) is 0 Å². The second-order valence-corrected chi connectivity index (χ2v) is 9.37. The van der Waals surface area contributed by atoms with Crippen LogP contribution in [0.5, 0.6) is 0 Å². The minimum Gasteiger partial charge on any atom is -0.351 e. The molecule has 0 bridgehead atoms. The van der Waals surface area contributed by atoms with Gasteiger partial charge in [0, 0.05) is 29.9 Å². The van der Waals surface area contributed by atoms with E-state index < -0.39 is 0 Å². The standard InChI is InChI=1S/C23H21FN4OS2/c1-14(2)20(21(29)26-11-15-4-3-9-25-10-15)31-23-19-18(12-30-22(19)27-13-28-23)16-5-7-17(24)8-6-16/h3-10,12-14,20H,11H2,1-2H3,(H,26,29). The lowest BCUT2D eigenvalue weighted by Crippen LogP contribution is -2.35. The minimum atomic E-state index is -0.323. The van der Waals surface area contributed by atoms with Crippen LogP contribution in [0.25, 0.3) is 21.3 Å². The van der Waals surface area contributed by atoms with Crippen LogP contribution in [0.15, 0.2) is 65.5 Å². The van der Waals surface area contributed by atoms with Gasteiger partial charge in [-0.1, -0.05) is 43.8 Å². The van der Waals surface area contributed by atoms with Crippen LogP contribution < -0.4 is 5.32 Å². The lowest BCUT2D eigenvalue weighted by atomic mass is 10.1. The van der Waals surface area contributed by atoms with Crippen LogP contribution >= 0.6 is 23.1 Å². The number of thiophene rings is 1. The summed E-state index contributed by atoms with van der Waals surface area (Å²) < 4.78 is 13.4. The summed E-state index contributed by atoms with van der Waals surface area (Å²) in [5, 5.41) is 6.34. The number of carbonyl (C=O) groups is 1. The molecule has 1 amide bonds. The zero-order valence-corrected chi connectivity index (χ0v) is 18.7. The first-order valence-corrected chi connectivity index (χ1v) is 11.6. The molecule has 5 nitrogen and oxygen atoms in total. The van der Waals surface area contributed by atoms with E-state index in [2.05, 4.69) is 20.3 Å². The number of halogens is 1. The van der Waals surface area contributed by atoms with E-state index in [4.69, 9.17) is 0 Å². The third kappa shape index (κ3) is 4.91. The molecule has 0 saturated heterocycles. The Labute approximate surface area is 188 Å². The average Bonchev–Trinajstić information content (AvgIpc) is 3.22. The molecule has 8 heteroatoms. The number of hydrogen-bond acceptors (Lipinski definition) is 6. The molecule has 0 radical (unpaired) electrons. The molecule has 0 aliphatic heterocycles. The smallest absolute Gasteiger partial charge is 0.234 e. The molecule has 158 valence electrons. The first-order valence-electron chi connectivity index (χ1n) is 9.84. The van der Waals surface area contributed by atoms with Crippen molar-refractivity contribution < 1.29 is 9.18 Å². The highest BCUT2D eigenvalue weighted by Crippen LogP contribution is 2.40. The number of pyridine rings is 1. The normalized spacial score (nSPS) is 12.3. The molecule has 0 aliphatic rings. The Hall–Kier alpha value is -2.84. The molecular formula is C23H21FN4OS2. The van der Waals surface area contributed by atoms with E-state index in [1.165, 1.54) is 41.6 Å².